The number of aryl methyl sites for hydroxylation is 1. The average molecular weight is 520 g/mol. The highest BCUT2D eigenvalue weighted by Crippen LogP contribution is 2.35. The third-order valence-electron chi connectivity index (χ3n) is 4.55. The fourth-order valence-corrected chi connectivity index (χ4v) is 3.92. The molecule has 7 nitrogen and oxygen atoms in total. The van der Waals surface area contributed by atoms with Crippen LogP contribution in [-0.4, -0.2) is 31.6 Å². The Balaban J connectivity index is 2.02. The van der Waals surface area contributed by atoms with Crippen LogP contribution in [0, 0.1) is 3.57 Å². The van der Waals surface area contributed by atoms with Crippen molar-refractivity contribution in [2.24, 2.45) is 0 Å². The number of methoxy groups -OCH3 is 1. The predicted molar refractivity (Wildman–Crippen MR) is 122 cm³/mol. The van der Waals surface area contributed by atoms with Gasteiger partial charge >= 0.3 is 6.03 Å². The number of carbonyl (C=O) groups is 3. The van der Waals surface area contributed by atoms with Crippen molar-refractivity contribution in [3.05, 3.63) is 56.7 Å². The fraction of sp³-hybridized carbons (Fsp3) is 0.227. The summed E-state index contributed by atoms with van der Waals surface area (Å²) in [6.45, 7) is 4.30. The van der Waals surface area contributed by atoms with E-state index in [1.807, 2.05) is 26.0 Å². The molecule has 1 heterocycles. The molecule has 0 spiro atoms. The lowest BCUT2D eigenvalue weighted by atomic mass is 10.1. The van der Waals surface area contributed by atoms with E-state index in [9.17, 15) is 14.4 Å². The van der Waals surface area contributed by atoms with Crippen LogP contribution in [0.1, 0.15) is 25.0 Å². The van der Waals surface area contributed by atoms with Crippen LogP contribution in [0.5, 0.6) is 11.5 Å². The molecule has 1 aliphatic heterocycles. The van der Waals surface area contributed by atoms with Crippen LogP contribution < -0.4 is 19.7 Å². The Morgan fingerprint density at radius 1 is 1.10 bits per heavy atom. The summed E-state index contributed by atoms with van der Waals surface area (Å²) in [7, 11) is 1.55. The molecular weight excluding hydrogens is 499 g/mol. The van der Waals surface area contributed by atoms with Gasteiger partial charge in [-0.2, -0.15) is 0 Å². The SMILES string of the molecule is CCOc1cc(/C=C2/C(=O)NC(=O)N(c3ccc(CC)cc3)C2=O)cc(I)c1OC. The summed E-state index contributed by atoms with van der Waals surface area (Å²) in [5.74, 6) is -0.343. The minimum Gasteiger partial charge on any atom is -0.492 e. The first-order valence-corrected chi connectivity index (χ1v) is 10.5. The number of hydrogen-bond acceptors (Lipinski definition) is 5. The first-order valence-electron chi connectivity index (χ1n) is 9.40. The Labute approximate surface area is 188 Å². The monoisotopic (exact) mass is 520 g/mol. The third kappa shape index (κ3) is 4.33. The molecule has 0 aromatic heterocycles. The van der Waals surface area contributed by atoms with Crippen LogP contribution in [0.2, 0.25) is 0 Å². The molecule has 30 heavy (non-hydrogen) atoms. The standard InChI is InChI=1S/C22H21IN2O5/c1-4-13-6-8-15(9-7-13)25-21(27)16(20(26)24-22(25)28)10-14-11-17(23)19(29-3)18(12-14)30-5-2/h6-12H,4-5H2,1-3H3,(H,24,26,28)/b16-10-. The van der Waals surface area contributed by atoms with Gasteiger partial charge in [0.2, 0.25) is 0 Å². The van der Waals surface area contributed by atoms with Gasteiger partial charge in [0, 0.05) is 0 Å². The van der Waals surface area contributed by atoms with Crippen LogP contribution in [0.15, 0.2) is 42.0 Å². The highest BCUT2D eigenvalue weighted by molar-refractivity contribution is 14.1. The highest BCUT2D eigenvalue weighted by Gasteiger charge is 2.36. The van der Waals surface area contributed by atoms with E-state index in [-0.39, 0.29) is 5.57 Å². The van der Waals surface area contributed by atoms with Gasteiger partial charge in [-0.1, -0.05) is 19.1 Å². The maximum atomic E-state index is 13.0. The fourth-order valence-electron chi connectivity index (χ4n) is 3.07. The number of anilines is 1. The molecule has 0 saturated carbocycles. The Morgan fingerprint density at radius 3 is 2.40 bits per heavy atom. The van der Waals surface area contributed by atoms with Crippen molar-refractivity contribution in [2.45, 2.75) is 20.3 Å². The van der Waals surface area contributed by atoms with Gasteiger partial charge in [-0.15, -0.1) is 0 Å². The molecule has 1 fully saturated rings. The number of halogens is 1. The number of nitrogens with one attached hydrogen (secondary N) is 1. The topological polar surface area (TPSA) is 84.9 Å². The van der Waals surface area contributed by atoms with Crippen molar-refractivity contribution in [1.29, 1.82) is 0 Å². The second-order valence-corrected chi connectivity index (χ2v) is 7.61. The van der Waals surface area contributed by atoms with E-state index in [4.69, 9.17) is 9.47 Å². The van der Waals surface area contributed by atoms with Gasteiger partial charge in [0.25, 0.3) is 11.8 Å². The number of urea groups is 1. The summed E-state index contributed by atoms with van der Waals surface area (Å²) in [6, 6.07) is 9.75. The van der Waals surface area contributed by atoms with Gasteiger partial charge in [-0.25, -0.2) is 9.69 Å². The van der Waals surface area contributed by atoms with Crippen LogP contribution in [-0.2, 0) is 16.0 Å². The second kappa shape index (κ2) is 9.29. The molecule has 3 rings (SSSR count). The molecule has 2 aromatic rings. The van der Waals surface area contributed by atoms with Gasteiger partial charge in [-0.3, -0.25) is 14.9 Å². The van der Waals surface area contributed by atoms with Crippen LogP contribution in [0.4, 0.5) is 10.5 Å². The van der Waals surface area contributed by atoms with E-state index >= 15 is 0 Å². The summed E-state index contributed by atoms with van der Waals surface area (Å²) in [6.07, 6.45) is 2.28. The normalized spacial score (nSPS) is 15.4. The number of barbiturate groups is 1. The van der Waals surface area contributed by atoms with Crippen molar-refractivity contribution >= 4 is 52.2 Å². The first-order chi connectivity index (χ1) is 14.4. The Kier molecular flexibility index (Phi) is 6.76. The Bertz CT molecular complexity index is 1030. The molecule has 2 aromatic carbocycles. The second-order valence-electron chi connectivity index (χ2n) is 6.44. The summed E-state index contributed by atoms with van der Waals surface area (Å²) in [5, 5.41) is 2.24. The molecule has 156 valence electrons. The molecule has 1 N–H and O–H groups in total. The van der Waals surface area contributed by atoms with Crippen LogP contribution >= 0.6 is 22.6 Å². The predicted octanol–water partition coefficient (Wildman–Crippen LogP) is 3.93. The molecule has 8 heteroatoms. The smallest absolute Gasteiger partial charge is 0.335 e. The van der Waals surface area contributed by atoms with E-state index in [2.05, 4.69) is 27.9 Å². The third-order valence-corrected chi connectivity index (χ3v) is 5.35. The van der Waals surface area contributed by atoms with Gasteiger partial charge in [0.1, 0.15) is 5.57 Å². The molecule has 1 aliphatic rings. The zero-order valence-electron chi connectivity index (χ0n) is 16.8. The number of nitrogens with zero attached hydrogens (tertiary/aromatic N) is 1. The zero-order chi connectivity index (χ0) is 21.8. The molecule has 0 atom stereocenters. The minimum absolute atomic E-state index is 0.141. The van der Waals surface area contributed by atoms with Crippen molar-refractivity contribution < 1.29 is 23.9 Å². The number of hydrogen-bond donors (Lipinski definition) is 1. The number of rotatable bonds is 6. The van der Waals surface area contributed by atoms with Crippen LogP contribution in [0.3, 0.4) is 0 Å². The molecule has 4 amide bonds. The maximum Gasteiger partial charge on any atom is 0.335 e. The molecule has 0 bridgehead atoms. The van der Waals surface area contributed by atoms with Crippen LogP contribution in [0.25, 0.3) is 6.08 Å². The van der Waals surface area contributed by atoms with Crippen molar-refractivity contribution in [1.82, 2.24) is 5.32 Å². The van der Waals surface area contributed by atoms with Gasteiger partial charge in [0.05, 0.1) is 23.0 Å². The van der Waals surface area contributed by atoms with E-state index in [1.54, 1.807) is 31.4 Å². The average Bonchev–Trinajstić information content (AvgIpc) is 2.71. The molecule has 1 saturated heterocycles. The molecule has 0 radical (unpaired) electrons. The van der Waals surface area contributed by atoms with Gasteiger partial charge < -0.3 is 9.47 Å². The largest absolute Gasteiger partial charge is 0.492 e. The van der Waals surface area contributed by atoms with E-state index in [0.717, 1.165) is 20.5 Å². The van der Waals surface area contributed by atoms with Crippen molar-refractivity contribution in [3.63, 3.8) is 0 Å². The number of carbonyl (C=O) groups excluding carboxylic acids is 3. The number of ether oxygens (including phenoxy) is 2. The first kappa shape index (κ1) is 21.8. The van der Waals surface area contributed by atoms with E-state index < -0.39 is 17.8 Å². The quantitative estimate of drug-likeness (QED) is 0.355. The minimum atomic E-state index is -0.772. The van der Waals surface area contributed by atoms with Crippen molar-refractivity contribution in [3.8, 4) is 11.5 Å². The molecule has 0 aliphatic carbocycles. The van der Waals surface area contributed by atoms with E-state index in [1.165, 1.54) is 6.08 Å². The maximum absolute atomic E-state index is 13.0. The summed E-state index contributed by atoms with van der Waals surface area (Å²) in [5.41, 5.74) is 1.91. The van der Waals surface area contributed by atoms with Gasteiger partial charge in [0.15, 0.2) is 11.5 Å². The lowest BCUT2D eigenvalue weighted by Gasteiger charge is -2.26. The summed E-state index contributed by atoms with van der Waals surface area (Å²) in [4.78, 5) is 38.8. The molecular formula is C22H21IN2O5. The van der Waals surface area contributed by atoms with Gasteiger partial charge in [-0.05, 0) is 77.4 Å². The Hall–Kier alpha value is -2.88. The lowest BCUT2D eigenvalue weighted by molar-refractivity contribution is -0.122. The molecule has 0 unspecified atom stereocenters. The van der Waals surface area contributed by atoms with E-state index in [0.29, 0.717) is 29.4 Å². The summed E-state index contributed by atoms with van der Waals surface area (Å²) >= 11 is 2.10. The number of amides is 4. The zero-order valence-corrected chi connectivity index (χ0v) is 19.0. The Morgan fingerprint density at radius 2 is 1.80 bits per heavy atom. The van der Waals surface area contributed by atoms with Crippen molar-refractivity contribution in [2.75, 3.05) is 18.6 Å². The summed E-state index contributed by atoms with van der Waals surface area (Å²) < 4.78 is 11.7. The number of benzene rings is 2. The lowest BCUT2D eigenvalue weighted by Crippen LogP contribution is -2.54. The number of imide groups is 2. The highest BCUT2D eigenvalue weighted by atomic mass is 127.